The van der Waals surface area contributed by atoms with Crippen LogP contribution >= 0.6 is 27.5 Å². The third kappa shape index (κ3) is 3.83. The second-order valence-corrected chi connectivity index (χ2v) is 6.07. The maximum atomic E-state index is 13.5. The van der Waals surface area contributed by atoms with E-state index in [2.05, 4.69) is 15.9 Å². The SMILES string of the molecule is COc1cc(F)c(Br)cc1C(Cl)CCC1CCCO1. The quantitative estimate of drug-likeness (QED) is 0.707. The van der Waals surface area contributed by atoms with Gasteiger partial charge in [-0.25, -0.2) is 4.39 Å². The van der Waals surface area contributed by atoms with Crippen molar-refractivity contribution in [2.45, 2.75) is 37.2 Å². The second kappa shape index (κ2) is 6.91. The molecule has 1 saturated heterocycles. The maximum absolute atomic E-state index is 13.5. The minimum atomic E-state index is -0.344. The first-order valence-corrected chi connectivity index (χ1v) is 7.63. The Morgan fingerprint density at radius 1 is 1.58 bits per heavy atom. The molecule has 0 radical (unpaired) electrons. The van der Waals surface area contributed by atoms with Crippen LogP contribution in [0.5, 0.6) is 5.75 Å². The maximum Gasteiger partial charge on any atom is 0.141 e. The smallest absolute Gasteiger partial charge is 0.141 e. The molecule has 0 saturated carbocycles. The summed E-state index contributed by atoms with van der Waals surface area (Å²) < 4.78 is 24.6. The molecule has 106 valence electrons. The van der Waals surface area contributed by atoms with Crippen LogP contribution in [0.4, 0.5) is 4.39 Å². The van der Waals surface area contributed by atoms with Gasteiger partial charge in [-0.15, -0.1) is 11.6 Å². The lowest BCUT2D eigenvalue weighted by Gasteiger charge is -2.16. The van der Waals surface area contributed by atoms with Crippen molar-refractivity contribution in [1.82, 2.24) is 0 Å². The number of alkyl halides is 1. The fourth-order valence-electron chi connectivity index (χ4n) is 2.33. The molecule has 2 nitrogen and oxygen atoms in total. The number of hydrogen-bond acceptors (Lipinski definition) is 2. The van der Waals surface area contributed by atoms with Crippen LogP contribution in [-0.2, 0) is 4.74 Å². The molecular weight excluding hydrogens is 335 g/mol. The summed E-state index contributed by atoms with van der Waals surface area (Å²) in [6.07, 6.45) is 4.26. The van der Waals surface area contributed by atoms with Crippen molar-refractivity contribution >= 4 is 27.5 Å². The molecule has 1 aromatic carbocycles. The Hall–Kier alpha value is -0.320. The van der Waals surface area contributed by atoms with E-state index in [1.807, 2.05) is 0 Å². The number of benzene rings is 1. The molecule has 0 aromatic heterocycles. The van der Waals surface area contributed by atoms with Crippen LogP contribution in [0.25, 0.3) is 0 Å². The van der Waals surface area contributed by atoms with Crippen LogP contribution in [0, 0.1) is 5.82 Å². The van der Waals surface area contributed by atoms with Gasteiger partial charge in [-0.05, 0) is 47.7 Å². The molecule has 0 amide bonds. The van der Waals surface area contributed by atoms with E-state index in [1.54, 1.807) is 6.07 Å². The van der Waals surface area contributed by atoms with Crippen LogP contribution in [0.1, 0.15) is 36.6 Å². The zero-order chi connectivity index (χ0) is 13.8. The number of methoxy groups -OCH3 is 1. The van der Waals surface area contributed by atoms with E-state index >= 15 is 0 Å². The predicted octanol–water partition coefficient (Wildman–Crippen LogP) is 4.84. The van der Waals surface area contributed by atoms with Crippen LogP contribution in [-0.4, -0.2) is 19.8 Å². The summed E-state index contributed by atoms with van der Waals surface area (Å²) in [6.45, 7) is 0.850. The Morgan fingerprint density at radius 2 is 2.37 bits per heavy atom. The Bertz CT molecular complexity index is 436. The molecule has 1 aliphatic heterocycles. The van der Waals surface area contributed by atoms with Crippen molar-refractivity contribution in [3.63, 3.8) is 0 Å². The summed E-state index contributed by atoms with van der Waals surface area (Å²) in [7, 11) is 1.52. The van der Waals surface area contributed by atoms with E-state index in [1.165, 1.54) is 13.2 Å². The summed E-state index contributed by atoms with van der Waals surface area (Å²) in [5, 5.41) is -0.198. The molecule has 0 aliphatic carbocycles. The van der Waals surface area contributed by atoms with Crippen molar-refractivity contribution in [2.24, 2.45) is 0 Å². The van der Waals surface area contributed by atoms with E-state index < -0.39 is 0 Å². The van der Waals surface area contributed by atoms with Gasteiger partial charge in [-0.1, -0.05) is 0 Å². The molecule has 0 bridgehead atoms. The third-order valence-corrected chi connectivity index (χ3v) is 4.44. The summed E-state index contributed by atoms with van der Waals surface area (Å²) in [5.74, 6) is 0.150. The molecule has 0 spiro atoms. The summed E-state index contributed by atoms with van der Waals surface area (Å²) in [5.41, 5.74) is 0.815. The Morgan fingerprint density at radius 3 is 3.00 bits per heavy atom. The fraction of sp³-hybridized carbons (Fsp3) is 0.571. The molecule has 1 heterocycles. The van der Waals surface area contributed by atoms with Gasteiger partial charge in [0.05, 0.1) is 23.1 Å². The lowest BCUT2D eigenvalue weighted by molar-refractivity contribution is 0.102. The van der Waals surface area contributed by atoms with Crippen LogP contribution < -0.4 is 4.74 Å². The molecule has 2 rings (SSSR count). The third-order valence-electron chi connectivity index (χ3n) is 3.38. The topological polar surface area (TPSA) is 18.5 Å². The van der Waals surface area contributed by atoms with Crippen molar-refractivity contribution in [3.8, 4) is 5.75 Å². The molecule has 5 heteroatoms. The average Bonchev–Trinajstić information content (AvgIpc) is 2.91. The normalized spacial score (nSPS) is 20.5. The van der Waals surface area contributed by atoms with Gasteiger partial charge in [0.1, 0.15) is 11.6 Å². The molecule has 1 aliphatic rings. The van der Waals surface area contributed by atoms with Gasteiger partial charge in [0.25, 0.3) is 0 Å². The summed E-state index contributed by atoms with van der Waals surface area (Å²) in [4.78, 5) is 0. The van der Waals surface area contributed by atoms with Gasteiger partial charge < -0.3 is 9.47 Å². The number of hydrogen-bond donors (Lipinski definition) is 0. The fourth-order valence-corrected chi connectivity index (χ4v) is 2.98. The summed E-state index contributed by atoms with van der Waals surface area (Å²) in [6, 6.07) is 3.06. The average molecular weight is 352 g/mol. The van der Waals surface area contributed by atoms with E-state index in [4.69, 9.17) is 21.1 Å². The molecule has 19 heavy (non-hydrogen) atoms. The van der Waals surface area contributed by atoms with Gasteiger partial charge in [-0.3, -0.25) is 0 Å². The highest BCUT2D eigenvalue weighted by atomic mass is 79.9. The van der Waals surface area contributed by atoms with Gasteiger partial charge in [-0.2, -0.15) is 0 Å². The first-order valence-electron chi connectivity index (χ1n) is 6.40. The lowest BCUT2D eigenvalue weighted by Crippen LogP contribution is -2.06. The monoisotopic (exact) mass is 350 g/mol. The standard InChI is InChI=1S/C14H17BrClFO2/c1-18-14-8-13(17)11(15)7-10(14)12(16)5-4-9-3-2-6-19-9/h7-9,12H,2-6H2,1H3. The Kier molecular flexibility index (Phi) is 5.48. The highest BCUT2D eigenvalue weighted by Crippen LogP contribution is 2.37. The van der Waals surface area contributed by atoms with Crippen LogP contribution in [0.2, 0.25) is 0 Å². The van der Waals surface area contributed by atoms with Gasteiger partial charge >= 0.3 is 0 Å². The predicted molar refractivity (Wildman–Crippen MR) is 77.5 cm³/mol. The Balaban J connectivity index is 2.04. The molecule has 1 fully saturated rings. The second-order valence-electron chi connectivity index (χ2n) is 4.69. The minimum Gasteiger partial charge on any atom is -0.496 e. The first-order chi connectivity index (χ1) is 9.11. The van der Waals surface area contributed by atoms with Crippen molar-refractivity contribution in [1.29, 1.82) is 0 Å². The number of rotatable bonds is 5. The van der Waals surface area contributed by atoms with Crippen molar-refractivity contribution < 1.29 is 13.9 Å². The van der Waals surface area contributed by atoms with Gasteiger partial charge in [0.15, 0.2) is 0 Å². The van der Waals surface area contributed by atoms with Crippen molar-refractivity contribution in [2.75, 3.05) is 13.7 Å². The largest absolute Gasteiger partial charge is 0.496 e. The molecule has 0 N–H and O–H groups in total. The van der Waals surface area contributed by atoms with Gasteiger partial charge in [0, 0.05) is 18.2 Å². The zero-order valence-corrected chi connectivity index (χ0v) is 13.1. The molecular formula is C14H17BrClFO2. The highest BCUT2D eigenvalue weighted by Gasteiger charge is 2.20. The van der Waals surface area contributed by atoms with E-state index in [0.717, 1.165) is 37.9 Å². The van der Waals surface area contributed by atoms with E-state index in [9.17, 15) is 4.39 Å². The lowest BCUT2D eigenvalue weighted by atomic mass is 10.0. The molecule has 2 unspecified atom stereocenters. The highest BCUT2D eigenvalue weighted by molar-refractivity contribution is 9.10. The van der Waals surface area contributed by atoms with Crippen molar-refractivity contribution in [3.05, 3.63) is 28.0 Å². The van der Waals surface area contributed by atoms with E-state index in [0.29, 0.717) is 16.3 Å². The number of halogens is 3. The van der Waals surface area contributed by atoms with Gasteiger partial charge in [0.2, 0.25) is 0 Å². The van der Waals surface area contributed by atoms with Crippen LogP contribution in [0.3, 0.4) is 0 Å². The van der Waals surface area contributed by atoms with E-state index in [-0.39, 0.29) is 11.2 Å². The van der Waals surface area contributed by atoms with Crippen LogP contribution in [0.15, 0.2) is 16.6 Å². The Labute approximate surface area is 126 Å². The molecule has 2 atom stereocenters. The molecule has 1 aromatic rings. The zero-order valence-electron chi connectivity index (χ0n) is 10.8. The number of ether oxygens (including phenoxy) is 2. The minimum absolute atomic E-state index is 0.198. The summed E-state index contributed by atoms with van der Waals surface area (Å²) >= 11 is 9.60. The first kappa shape index (κ1) is 15.1.